The van der Waals surface area contributed by atoms with Gasteiger partial charge >= 0.3 is 6.09 Å². The van der Waals surface area contributed by atoms with E-state index in [0.717, 1.165) is 34.1 Å². The van der Waals surface area contributed by atoms with E-state index in [-0.39, 0.29) is 12.1 Å². The Labute approximate surface area is 168 Å². The van der Waals surface area contributed by atoms with Crippen LogP contribution in [0, 0.1) is 6.92 Å². The number of carbonyl (C=O) groups is 1. The maximum absolute atomic E-state index is 13.1. The van der Waals surface area contributed by atoms with Gasteiger partial charge in [0.15, 0.2) is 0 Å². The molecule has 0 spiro atoms. The minimum absolute atomic E-state index is 0.0794. The second-order valence-corrected chi connectivity index (χ2v) is 8.98. The monoisotopic (exact) mass is 435 g/mol. The zero-order chi connectivity index (χ0) is 19.1. The van der Waals surface area contributed by atoms with Crippen LogP contribution in [0.15, 0.2) is 40.9 Å². The van der Waals surface area contributed by atoms with Crippen molar-refractivity contribution in [1.29, 1.82) is 0 Å². The van der Waals surface area contributed by atoms with Crippen molar-refractivity contribution >= 4 is 39.3 Å². The lowest BCUT2D eigenvalue weighted by atomic mass is 9.91. The molecule has 0 aliphatic carbocycles. The number of fused-ring (bicyclic) bond motifs is 1. The highest BCUT2D eigenvalue weighted by atomic mass is 79.9. The Bertz CT molecular complexity index is 827. The number of ether oxygens (including phenoxy) is 1. The number of carbonyl (C=O) groups excluding carboxylic acids is 1. The summed E-state index contributed by atoms with van der Waals surface area (Å²) >= 11 is 9.65. The van der Waals surface area contributed by atoms with Gasteiger partial charge in [-0.1, -0.05) is 45.7 Å². The zero-order valence-corrected chi connectivity index (χ0v) is 17.8. The molecule has 1 amide bonds. The lowest BCUT2D eigenvalue weighted by Crippen LogP contribution is -2.42. The minimum atomic E-state index is -0.554. The van der Waals surface area contributed by atoms with Gasteiger partial charge in [0.05, 0.1) is 11.7 Å². The van der Waals surface area contributed by atoms with Gasteiger partial charge in [-0.3, -0.25) is 4.90 Å². The molecule has 1 heterocycles. The highest BCUT2D eigenvalue weighted by Crippen LogP contribution is 2.41. The summed E-state index contributed by atoms with van der Waals surface area (Å²) in [6.45, 7) is 7.72. The summed E-state index contributed by atoms with van der Waals surface area (Å²) in [7, 11) is 0. The Kier molecular flexibility index (Phi) is 5.36. The topological polar surface area (TPSA) is 29.5 Å². The third-order valence-electron chi connectivity index (χ3n) is 4.46. The number of halogens is 2. The van der Waals surface area contributed by atoms with Gasteiger partial charge in [0.25, 0.3) is 0 Å². The summed E-state index contributed by atoms with van der Waals surface area (Å²) in [6.07, 6.45) is 1.43. The smallest absolute Gasteiger partial charge is 0.415 e. The van der Waals surface area contributed by atoms with Crippen LogP contribution in [0.5, 0.6) is 0 Å². The number of benzene rings is 2. The normalized spacial score (nSPS) is 17.0. The SMILES string of the molecule is Cc1cc2c(cc1Br)N(C(=O)OC(C)(C)C)C(c1ccc(Cl)cc1)CC2. The molecule has 0 aromatic heterocycles. The number of aryl methyl sites for hydroxylation is 2. The first-order valence-electron chi connectivity index (χ1n) is 8.72. The first-order chi connectivity index (χ1) is 12.2. The molecule has 3 nitrogen and oxygen atoms in total. The lowest BCUT2D eigenvalue weighted by Gasteiger charge is -2.38. The van der Waals surface area contributed by atoms with Crippen LogP contribution in [-0.4, -0.2) is 11.7 Å². The molecular weight excluding hydrogens is 414 g/mol. The van der Waals surface area contributed by atoms with Crippen LogP contribution in [0.1, 0.15) is 49.9 Å². The van der Waals surface area contributed by atoms with Crippen molar-refractivity contribution in [3.8, 4) is 0 Å². The summed E-state index contributed by atoms with van der Waals surface area (Å²) in [5, 5.41) is 0.687. The molecule has 1 atom stereocenters. The van der Waals surface area contributed by atoms with Crippen LogP contribution in [-0.2, 0) is 11.2 Å². The maximum atomic E-state index is 13.1. The largest absolute Gasteiger partial charge is 0.443 e. The Morgan fingerprint density at radius 1 is 1.23 bits per heavy atom. The predicted octanol–water partition coefficient (Wildman–Crippen LogP) is 6.84. The molecule has 0 saturated heterocycles. The van der Waals surface area contributed by atoms with Crippen molar-refractivity contribution in [2.75, 3.05) is 4.90 Å². The van der Waals surface area contributed by atoms with E-state index in [1.165, 1.54) is 5.56 Å². The quantitative estimate of drug-likeness (QED) is 0.490. The molecule has 1 aliphatic heterocycles. The fourth-order valence-electron chi connectivity index (χ4n) is 3.28. The Morgan fingerprint density at radius 3 is 2.50 bits per heavy atom. The summed E-state index contributed by atoms with van der Waals surface area (Å²) in [6, 6.07) is 11.8. The van der Waals surface area contributed by atoms with E-state index in [2.05, 4.69) is 28.9 Å². The first kappa shape index (κ1) is 19.2. The van der Waals surface area contributed by atoms with E-state index in [1.54, 1.807) is 4.90 Å². The van der Waals surface area contributed by atoms with Gasteiger partial charge in [0, 0.05) is 9.50 Å². The van der Waals surface area contributed by atoms with Gasteiger partial charge in [-0.25, -0.2) is 4.79 Å². The summed E-state index contributed by atoms with van der Waals surface area (Å²) in [5.74, 6) is 0. The average Bonchev–Trinajstić information content (AvgIpc) is 2.54. The molecule has 0 N–H and O–H groups in total. The number of anilines is 1. The Hall–Kier alpha value is -1.52. The molecular formula is C21H23BrClNO2. The molecule has 26 heavy (non-hydrogen) atoms. The molecule has 138 valence electrons. The molecule has 0 fully saturated rings. The van der Waals surface area contributed by atoms with Crippen LogP contribution < -0.4 is 4.90 Å². The van der Waals surface area contributed by atoms with Crippen molar-refractivity contribution in [1.82, 2.24) is 0 Å². The lowest BCUT2D eigenvalue weighted by molar-refractivity contribution is 0.0560. The fourth-order valence-corrected chi connectivity index (χ4v) is 3.74. The number of hydrogen-bond acceptors (Lipinski definition) is 2. The van der Waals surface area contributed by atoms with Crippen molar-refractivity contribution in [3.63, 3.8) is 0 Å². The van der Waals surface area contributed by atoms with Gasteiger partial charge in [0.2, 0.25) is 0 Å². The molecule has 0 radical (unpaired) electrons. The van der Waals surface area contributed by atoms with Crippen molar-refractivity contribution in [3.05, 3.63) is 62.6 Å². The highest BCUT2D eigenvalue weighted by molar-refractivity contribution is 9.10. The van der Waals surface area contributed by atoms with Crippen molar-refractivity contribution in [2.24, 2.45) is 0 Å². The van der Waals surface area contributed by atoms with Gasteiger partial charge in [0.1, 0.15) is 5.60 Å². The van der Waals surface area contributed by atoms with Gasteiger partial charge in [-0.15, -0.1) is 0 Å². The number of hydrogen-bond donors (Lipinski definition) is 0. The van der Waals surface area contributed by atoms with E-state index in [0.29, 0.717) is 5.02 Å². The number of rotatable bonds is 1. The third-order valence-corrected chi connectivity index (χ3v) is 5.57. The van der Waals surface area contributed by atoms with Crippen LogP contribution >= 0.6 is 27.5 Å². The number of amides is 1. The molecule has 2 aromatic rings. The van der Waals surface area contributed by atoms with Crippen LogP contribution in [0.4, 0.5) is 10.5 Å². The van der Waals surface area contributed by atoms with Gasteiger partial charge in [-0.2, -0.15) is 0 Å². The second-order valence-electron chi connectivity index (χ2n) is 7.69. The third kappa shape index (κ3) is 4.07. The molecule has 0 bridgehead atoms. The molecule has 1 aliphatic rings. The number of nitrogens with zero attached hydrogens (tertiary/aromatic N) is 1. The average molecular weight is 437 g/mol. The first-order valence-corrected chi connectivity index (χ1v) is 9.89. The van der Waals surface area contributed by atoms with Gasteiger partial charge in [-0.05, 0) is 75.4 Å². The van der Waals surface area contributed by atoms with E-state index in [4.69, 9.17) is 16.3 Å². The summed E-state index contributed by atoms with van der Waals surface area (Å²) in [4.78, 5) is 14.9. The van der Waals surface area contributed by atoms with E-state index >= 15 is 0 Å². The van der Waals surface area contributed by atoms with Crippen molar-refractivity contribution in [2.45, 2.75) is 52.2 Å². The molecule has 2 aromatic carbocycles. The van der Waals surface area contributed by atoms with E-state index < -0.39 is 5.60 Å². The molecule has 5 heteroatoms. The highest BCUT2D eigenvalue weighted by Gasteiger charge is 2.35. The maximum Gasteiger partial charge on any atom is 0.415 e. The standard InChI is InChI=1S/C21H23BrClNO2/c1-13-11-15-7-10-18(14-5-8-16(23)9-6-14)24(19(15)12-17(13)22)20(25)26-21(2,3)4/h5-6,8-9,11-12,18H,7,10H2,1-4H3. The van der Waals surface area contributed by atoms with Crippen LogP contribution in [0.25, 0.3) is 0 Å². The van der Waals surface area contributed by atoms with Crippen LogP contribution in [0.2, 0.25) is 5.02 Å². The van der Waals surface area contributed by atoms with Crippen LogP contribution in [0.3, 0.4) is 0 Å². The van der Waals surface area contributed by atoms with E-state index in [9.17, 15) is 4.79 Å². The van der Waals surface area contributed by atoms with Gasteiger partial charge < -0.3 is 4.74 Å². The molecule has 3 rings (SSSR count). The molecule has 1 unspecified atom stereocenters. The fraction of sp³-hybridized carbons (Fsp3) is 0.381. The zero-order valence-electron chi connectivity index (χ0n) is 15.5. The summed E-state index contributed by atoms with van der Waals surface area (Å²) in [5.41, 5.74) is 3.74. The second kappa shape index (κ2) is 7.24. The predicted molar refractivity (Wildman–Crippen MR) is 110 cm³/mol. The Morgan fingerprint density at radius 2 is 1.88 bits per heavy atom. The molecule has 0 saturated carbocycles. The summed E-state index contributed by atoms with van der Waals surface area (Å²) < 4.78 is 6.71. The van der Waals surface area contributed by atoms with E-state index in [1.807, 2.05) is 51.1 Å². The van der Waals surface area contributed by atoms with Crippen molar-refractivity contribution < 1.29 is 9.53 Å². The Balaban J connectivity index is 2.08. The minimum Gasteiger partial charge on any atom is -0.443 e.